The van der Waals surface area contributed by atoms with Crippen LogP contribution in [0.25, 0.3) is 0 Å². The van der Waals surface area contributed by atoms with Gasteiger partial charge in [0.2, 0.25) is 0 Å². The molecule has 0 radical (unpaired) electrons. The lowest BCUT2D eigenvalue weighted by Crippen LogP contribution is -2.33. The van der Waals surface area contributed by atoms with Gasteiger partial charge in [-0.25, -0.2) is 0 Å². The zero-order chi connectivity index (χ0) is 14.1. The third kappa shape index (κ3) is 2.43. The summed E-state index contributed by atoms with van der Waals surface area (Å²) in [7, 11) is 0. The molecule has 1 aliphatic rings. The number of benzene rings is 2. The Kier molecular flexibility index (Phi) is 3.49. The molecule has 102 valence electrons. The summed E-state index contributed by atoms with van der Waals surface area (Å²) in [6, 6.07) is 13.6. The minimum atomic E-state index is -0.0601. The van der Waals surface area contributed by atoms with Crippen molar-refractivity contribution in [2.24, 2.45) is 0 Å². The van der Waals surface area contributed by atoms with Gasteiger partial charge in [-0.3, -0.25) is 4.79 Å². The van der Waals surface area contributed by atoms with Gasteiger partial charge >= 0.3 is 0 Å². The number of hydrogen-bond donors (Lipinski definition) is 2. The molecular weight excluding hydrogens is 316 g/mol. The largest absolute Gasteiger partial charge is 0.398 e. The van der Waals surface area contributed by atoms with Gasteiger partial charge in [-0.2, -0.15) is 0 Å². The second-order valence-electron chi connectivity index (χ2n) is 5.05. The van der Waals surface area contributed by atoms with Crippen LogP contribution in [0.3, 0.4) is 0 Å². The molecule has 0 fully saturated rings. The van der Waals surface area contributed by atoms with Gasteiger partial charge in [-0.1, -0.05) is 24.3 Å². The predicted molar refractivity (Wildman–Crippen MR) is 83.8 cm³/mol. The summed E-state index contributed by atoms with van der Waals surface area (Å²) in [5.74, 6) is 0.377. The Hall–Kier alpha value is -1.81. The first-order valence-electron chi connectivity index (χ1n) is 6.56. The van der Waals surface area contributed by atoms with Crippen molar-refractivity contribution in [2.45, 2.75) is 12.3 Å². The SMILES string of the molecule is Nc1ccc(C(=O)NCC2Cc3ccccc32)cc1Br. The number of rotatable bonds is 3. The fourth-order valence-electron chi connectivity index (χ4n) is 2.53. The zero-order valence-corrected chi connectivity index (χ0v) is 12.5. The molecule has 0 spiro atoms. The van der Waals surface area contributed by atoms with Crippen molar-refractivity contribution in [2.75, 3.05) is 12.3 Å². The fraction of sp³-hybridized carbons (Fsp3) is 0.188. The Balaban J connectivity index is 1.62. The second kappa shape index (κ2) is 5.29. The Morgan fingerprint density at radius 3 is 2.85 bits per heavy atom. The monoisotopic (exact) mass is 330 g/mol. The molecule has 0 saturated heterocycles. The molecule has 1 unspecified atom stereocenters. The molecule has 0 aliphatic heterocycles. The van der Waals surface area contributed by atoms with Crippen LogP contribution in [0.5, 0.6) is 0 Å². The van der Waals surface area contributed by atoms with E-state index in [1.165, 1.54) is 11.1 Å². The van der Waals surface area contributed by atoms with Gasteiger partial charge in [0.1, 0.15) is 0 Å². The first-order valence-corrected chi connectivity index (χ1v) is 7.35. The van der Waals surface area contributed by atoms with E-state index in [0.29, 0.717) is 23.7 Å². The van der Waals surface area contributed by atoms with E-state index >= 15 is 0 Å². The molecule has 3 nitrogen and oxygen atoms in total. The Morgan fingerprint density at radius 1 is 1.30 bits per heavy atom. The van der Waals surface area contributed by atoms with Gasteiger partial charge in [-0.15, -0.1) is 0 Å². The van der Waals surface area contributed by atoms with Crippen LogP contribution in [0, 0.1) is 0 Å². The molecule has 0 saturated carbocycles. The van der Waals surface area contributed by atoms with Crippen molar-refractivity contribution in [3.8, 4) is 0 Å². The van der Waals surface area contributed by atoms with Gasteiger partial charge in [0, 0.05) is 28.2 Å². The maximum Gasteiger partial charge on any atom is 0.251 e. The molecule has 3 rings (SSSR count). The number of hydrogen-bond acceptors (Lipinski definition) is 2. The van der Waals surface area contributed by atoms with Gasteiger partial charge in [0.25, 0.3) is 5.91 Å². The van der Waals surface area contributed by atoms with E-state index in [2.05, 4.69) is 39.4 Å². The molecule has 1 aliphatic carbocycles. The summed E-state index contributed by atoms with van der Waals surface area (Å²) in [4.78, 5) is 12.1. The summed E-state index contributed by atoms with van der Waals surface area (Å²) in [5, 5.41) is 2.99. The fourth-order valence-corrected chi connectivity index (χ4v) is 2.91. The molecule has 0 heterocycles. The van der Waals surface area contributed by atoms with Gasteiger partial charge in [-0.05, 0) is 51.7 Å². The van der Waals surface area contributed by atoms with Crippen LogP contribution in [-0.4, -0.2) is 12.5 Å². The summed E-state index contributed by atoms with van der Waals surface area (Å²) >= 11 is 3.34. The molecule has 20 heavy (non-hydrogen) atoms. The van der Waals surface area contributed by atoms with Crippen molar-refractivity contribution >= 4 is 27.5 Å². The Morgan fingerprint density at radius 2 is 2.10 bits per heavy atom. The number of nitrogen functional groups attached to an aromatic ring is 1. The van der Waals surface area contributed by atoms with E-state index in [0.717, 1.165) is 10.9 Å². The average molecular weight is 331 g/mol. The summed E-state index contributed by atoms with van der Waals surface area (Å²) in [6.45, 7) is 0.678. The van der Waals surface area contributed by atoms with Crippen molar-refractivity contribution in [3.63, 3.8) is 0 Å². The van der Waals surface area contributed by atoms with E-state index in [-0.39, 0.29) is 5.91 Å². The Labute approximate surface area is 126 Å². The molecule has 0 bridgehead atoms. The highest BCUT2D eigenvalue weighted by Gasteiger charge is 2.25. The molecule has 2 aromatic rings. The standard InChI is InChI=1S/C16H15BrN2O/c17-14-8-11(5-6-15(14)18)16(20)19-9-12-7-10-3-1-2-4-13(10)12/h1-6,8,12H,7,9,18H2,(H,19,20). The molecule has 4 heteroatoms. The average Bonchev–Trinajstić information content (AvgIpc) is 2.42. The van der Waals surface area contributed by atoms with E-state index in [9.17, 15) is 4.79 Å². The summed E-state index contributed by atoms with van der Waals surface area (Å²) in [6.07, 6.45) is 1.04. The lowest BCUT2D eigenvalue weighted by atomic mass is 9.77. The van der Waals surface area contributed by atoms with Crippen LogP contribution in [-0.2, 0) is 6.42 Å². The molecule has 0 aromatic heterocycles. The van der Waals surface area contributed by atoms with Gasteiger partial charge in [0.15, 0.2) is 0 Å². The highest BCUT2D eigenvalue weighted by Crippen LogP contribution is 2.34. The normalized spacial score (nSPS) is 16.1. The van der Waals surface area contributed by atoms with Crippen LogP contribution in [0.1, 0.15) is 27.4 Å². The van der Waals surface area contributed by atoms with Crippen LogP contribution in [0.15, 0.2) is 46.9 Å². The number of halogens is 1. The van der Waals surface area contributed by atoms with Crippen molar-refractivity contribution in [1.82, 2.24) is 5.32 Å². The quantitative estimate of drug-likeness (QED) is 0.849. The lowest BCUT2D eigenvalue weighted by Gasteiger charge is -2.30. The van der Waals surface area contributed by atoms with E-state index in [1.54, 1.807) is 18.2 Å². The second-order valence-corrected chi connectivity index (χ2v) is 5.90. The van der Waals surface area contributed by atoms with Crippen LogP contribution < -0.4 is 11.1 Å². The number of amides is 1. The third-order valence-electron chi connectivity index (χ3n) is 3.73. The van der Waals surface area contributed by atoms with Gasteiger partial charge in [0.05, 0.1) is 0 Å². The first-order chi connectivity index (χ1) is 9.65. The topological polar surface area (TPSA) is 55.1 Å². The molecular formula is C16H15BrN2O. The van der Waals surface area contributed by atoms with Crippen LogP contribution in [0.2, 0.25) is 0 Å². The summed E-state index contributed by atoms with van der Waals surface area (Å²) < 4.78 is 0.749. The zero-order valence-electron chi connectivity index (χ0n) is 10.9. The minimum absolute atomic E-state index is 0.0601. The number of nitrogens with two attached hydrogens (primary N) is 1. The molecule has 3 N–H and O–H groups in total. The number of anilines is 1. The first kappa shape index (κ1) is 13.2. The smallest absolute Gasteiger partial charge is 0.251 e. The minimum Gasteiger partial charge on any atom is -0.398 e. The predicted octanol–water partition coefficient (Wildman–Crippen LogP) is 3.10. The number of carbonyl (C=O) groups excluding carboxylic acids is 1. The van der Waals surface area contributed by atoms with E-state index < -0.39 is 0 Å². The van der Waals surface area contributed by atoms with Gasteiger partial charge < -0.3 is 11.1 Å². The number of nitrogens with one attached hydrogen (secondary N) is 1. The highest BCUT2D eigenvalue weighted by atomic mass is 79.9. The molecule has 2 aromatic carbocycles. The molecule has 1 atom stereocenters. The molecule has 1 amide bonds. The highest BCUT2D eigenvalue weighted by molar-refractivity contribution is 9.10. The lowest BCUT2D eigenvalue weighted by molar-refractivity contribution is 0.0950. The van der Waals surface area contributed by atoms with Crippen molar-refractivity contribution < 1.29 is 4.79 Å². The Bertz CT molecular complexity index is 669. The van der Waals surface area contributed by atoms with Crippen LogP contribution in [0.4, 0.5) is 5.69 Å². The maximum atomic E-state index is 12.1. The third-order valence-corrected chi connectivity index (χ3v) is 4.42. The van der Waals surface area contributed by atoms with Crippen molar-refractivity contribution in [1.29, 1.82) is 0 Å². The van der Waals surface area contributed by atoms with E-state index in [4.69, 9.17) is 5.73 Å². The van der Waals surface area contributed by atoms with Crippen LogP contribution >= 0.6 is 15.9 Å². The summed E-state index contributed by atoms with van der Waals surface area (Å²) in [5.41, 5.74) is 9.72. The number of carbonyl (C=O) groups is 1. The van der Waals surface area contributed by atoms with Crippen molar-refractivity contribution in [3.05, 3.63) is 63.6 Å². The maximum absolute atomic E-state index is 12.1. The number of fused-ring (bicyclic) bond motifs is 1. The van der Waals surface area contributed by atoms with E-state index in [1.807, 2.05) is 6.07 Å².